The van der Waals surface area contributed by atoms with Gasteiger partial charge in [0.15, 0.2) is 0 Å². The Morgan fingerprint density at radius 2 is 1.56 bits per heavy atom. The van der Waals surface area contributed by atoms with Crippen LogP contribution in [0.25, 0.3) is 0 Å². The van der Waals surface area contributed by atoms with Gasteiger partial charge in [0.25, 0.3) is 5.91 Å². The number of nitrogens with zero attached hydrogens (tertiary/aromatic N) is 2. The van der Waals surface area contributed by atoms with Gasteiger partial charge in [0.05, 0.1) is 21.9 Å². The molecule has 32 heavy (non-hydrogen) atoms. The Bertz CT molecular complexity index is 1250. The molecule has 2 atom stereocenters. The molecule has 9 nitrogen and oxygen atoms in total. The highest BCUT2D eigenvalue weighted by Crippen LogP contribution is 2.32. The van der Waals surface area contributed by atoms with Gasteiger partial charge >= 0.3 is 0 Å². The monoisotopic (exact) mass is 499 g/mol. The minimum Gasteiger partial charge on any atom is -0.274 e. The summed E-state index contributed by atoms with van der Waals surface area (Å²) < 4.78 is 50.8. The van der Waals surface area contributed by atoms with Crippen molar-refractivity contribution in [3.05, 3.63) is 53.6 Å². The van der Waals surface area contributed by atoms with Crippen molar-refractivity contribution < 1.29 is 26.4 Å². The maximum Gasteiger partial charge on any atom is 0.252 e. The van der Waals surface area contributed by atoms with E-state index in [1.165, 1.54) is 48.5 Å². The molecule has 1 aliphatic heterocycles. The molecule has 2 aromatic carbocycles. The highest BCUT2D eigenvalue weighted by molar-refractivity contribution is 7.89. The van der Waals surface area contributed by atoms with Gasteiger partial charge in [0, 0.05) is 11.1 Å². The number of carbonyl (C=O) groups is 2. The van der Waals surface area contributed by atoms with Crippen LogP contribution in [0, 0.1) is 0 Å². The van der Waals surface area contributed by atoms with Gasteiger partial charge in [0.2, 0.25) is 26.0 Å². The molecule has 3 rings (SSSR count). The summed E-state index contributed by atoms with van der Waals surface area (Å²) in [7, 11) is -8.07. The molecular weight excluding hydrogens is 478 g/mol. The number of rotatable bonds is 7. The van der Waals surface area contributed by atoms with Gasteiger partial charge < -0.3 is 0 Å². The van der Waals surface area contributed by atoms with Crippen molar-refractivity contribution in [1.82, 2.24) is 4.31 Å². The van der Waals surface area contributed by atoms with Gasteiger partial charge in [-0.25, -0.2) is 26.9 Å². The predicted molar refractivity (Wildman–Crippen MR) is 119 cm³/mol. The Labute approximate surface area is 191 Å². The van der Waals surface area contributed by atoms with Crippen molar-refractivity contribution in [2.45, 2.75) is 48.6 Å². The number of primary sulfonamides is 1. The first-order valence-corrected chi connectivity index (χ1v) is 13.0. The fourth-order valence-electron chi connectivity index (χ4n) is 3.49. The topological polar surface area (TPSA) is 135 Å². The largest absolute Gasteiger partial charge is 0.274 e. The van der Waals surface area contributed by atoms with Crippen LogP contribution in [0.1, 0.15) is 26.7 Å². The lowest BCUT2D eigenvalue weighted by Gasteiger charge is -2.31. The van der Waals surface area contributed by atoms with E-state index >= 15 is 0 Å². The molecule has 0 radical (unpaired) electrons. The first-order valence-electron chi connectivity index (χ1n) is 9.66. The lowest BCUT2D eigenvalue weighted by atomic mass is 10.2. The SMILES string of the molecule is CCC(C)N(C1CC(=O)N(c2ccc(S(N)(=O)=O)cc2)C1=O)S(=O)(=O)c1ccc(Cl)cc1. The quantitative estimate of drug-likeness (QED) is 0.579. The molecule has 0 aliphatic carbocycles. The van der Waals surface area contributed by atoms with Crippen LogP contribution in [0.2, 0.25) is 5.02 Å². The summed E-state index contributed by atoms with van der Waals surface area (Å²) in [6.07, 6.45) is 0.0702. The number of imide groups is 1. The number of halogens is 1. The normalized spacial score (nSPS) is 18.4. The summed E-state index contributed by atoms with van der Waals surface area (Å²) in [4.78, 5) is 26.6. The molecule has 0 aromatic heterocycles. The molecule has 1 aliphatic rings. The lowest BCUT2D eigenvalue weighted by molar-refractivity contribution is -0.122. The fraction of sp³-hybridized carbons (Fsp3) is 0.300. The lowest BCUT2D eigenvalue weighted by Crippen LogP contribution is -2.49. The molecule has 0 spiro atoms. The van der Waals surface area contributed by atoms with Crippen LogP contribution in [0.4, 0.5) is 5.69 Å². The average molecular weight is 500 g/mol. The Kier molecular flexibility index (Phi) is 6.78. The van der Waals surface area contributed by atoms with E-state index in [4.69, 9.17) is 16.7 Å². The molecular formula is C20H22ClN3O6S2. The van der Waals surface area contributed by atoms with Crippen LogP contribution in [0.3, 0.4) is 0 Å². The van der Waals surface area contributed by atoms with Crippen LogP contribution in [0.5, 0.6) is 0 Å². The van der Waals surface area contributed by atoms with Crippen molar-refractivity contribution in [3.63, 3.8) is 0 Å². The molecule has 2 amide bonds. The first kappa shape index (κ1) is 24.3. The Morgan fingerprint density at radius 3 is 2.06 bits per heavy atom. The van der Waals surface area contributed by atoms with E-state index in [2.05, 4.69) is 0 Å². The highest BCUT2D eigenvalue weighted by atomic mass is 35.5. The molecule has 12 heteroatoms. The molecule has 172 valence electrons. The Balaban J connectivity index is 2.00. The maximum absolute atomic E-state index is 13.4. The molecule has 0 bridgehead atoms. The smallest absolute Gasteiger partial charge is 0.252 e. The van der Waals surface area contributed by atoms with E-state index in [0.29, 0.717) is 11.4 Å². The minimum absolute atomic E-state index is 0.0431. The van der Waals surface area contributed by atoms with Crippen LogP contribution in [-0.2, 0) is 29.6 Å². The molecule has 1 fully saturated rings. The molecule has 1 saturated heterocycles. The van der Waals surface area contributed by atoms with Crippen molar-refractivity contribution in [1.29, 1.82) is 0 Å². The van der Waals surface area contributed by atoms with Gasteiger partial charge in [-0.15, -0.1) is 0 Å². The van der Waals surface area contributed by atoms with Crippen LogP contribution < -0.4 is 10.0 Å². The number of amides is 2. The second-order valence-corrected chi connectivity index (χ2v) is 11.2. The number of carbonyl (C=O) groups excluding carboxylic acids is 2. The van der Waals surface area contributed by atoms with Gasteiger partial charge in [-0.1, -0.05) is 18.5 Å². The first-order chi connectivity index (χ1) is 14.9. The van der Waals surface area contributed by atoms with Gasteiger partial charge in [-0.2, -0.15) is 4.31 Å². The predicted octanol–water partition coefficient (Wildman–Crippen LogP) is 2.11. The summed E-state index contributed by atoms with van der Waals surface area (Å²) in [5.74, 6) is -1.31. The number of anilines is 1. The summed E-state index contributed by atoms with van der Waals surface area (Å²) in [6, 6.07) is 8.66. The zero-order valence-electron chi connectivity index (χ0n) is 17.3. The second-order valence-electron chi connectivity index (χ2n) is 7.37. The van der Waals surface area contributed by atoms with Crippen molar-refractivity contribution in [3.8, 4) is 0 Å². The third kappa shape index (κ3) is 4.57. The van der Waals surface area contributed by atoms with E-state index in [1.807, 2.05) is 0 Å². The van der Waals surface area contributed by atoms with E-state index in [9.17, 15) is 26.4 Å². The van der Waals surface area contributed by atoms with Gasteiger partial charge in [-0.3, -0.25) is 9.59 Å². The zero-order chi connectivity index (χ0) is 23.8. The maximum atomic E-state index is 13.4. The summed E-state index contributed by atoms with van der Waals surface area (Å²) >= 11 is 5.87. The molecule has 2 N–H and O–H groups in total. The summed E-state index contributed by atoms with van der Waals surface area (Å²) in [5, 5.41) is 5.44. The van der Waals surface area contributed by atoms with Crippen LogP contribution in [-0.4, -0.2) is 45.0 Å². The van der Waals surface area contributed by atoms with Crippen molar-refractivity contribution in [2.75, 3.05) is 4.90 Å². The third-order valence-electron chi connectivity index (χ3n) is 5.27. The summed E-state index contributed by atoms with van der Waals surface area (Å²) in [5.41, 5.74) is 0.128. The highest BCUT2D eigenvalue weighted by Gasteiger charge is 2.48. The number of hydrogen-bond donors (Lipinski definition) is 1. The van der Waals surface area contributed by atoms with E-state index < -0.39 is 43.9 Å². The average Bonchev–Trinajstić information content (AvgIpc) is 3.01. The summed E-state index contributed by atoms with van der Waals surface area (Å²) in [6.45, 7) is 3.44. The number of nitrogens with two attached hydrogens (primary N) is 1. The molecule has 2 aromatic rings. The van der Waals surface area contributed by atoms with Crippen molar-refractivity contribution >= 4 is 49.1 Å². The number of benzene rings is 2. The zero-order valence-corrected chi connectivity index (χ0v) is 19.7. The molecule has 1 heterocycles. The standard InChI is InChI=1S/C20H22ClN3O6S2/c1-3-13(2)24(32(29,30)17-8-4-14(21)5-9-17)18-12-19(25)23(20(18)26)15-6-10-16(11-7-15)31(22,27)28/h4-11,13,18H,3,12H2,1-2H3,(H2,22,27,28). The van der Waals surface area contributed by atoms with Crippen LogP contribution in [0.15, 0.2) is 58.3 Å². The fourth-order valence-corrected chi connectivity index (χ4v) is 5.98. The Hall–Kier alpha value is -2.31. The van der Waals surface area contributed by atoms with Crippen molar-refractivity contribution in [2.24, 2.45) is 5.14 Å². The second kappa shape index (κ2) is 8.91. The minimum atomic E-state index is -4.12. The Morgan fingerprint density at radius 1 is 1.03 bits per heavy atom. The van der Waals surface area contributed by atoms with Crippen LogP contribution >= 0.6 is 11.6 Å². The van der Waals surface area contributed by atoms with E-state index in [-0.39, 0.29) is 21.9 Å². The van der Waals surface area contributed by atoms with E-state index in [0.717, 1.165) is 9.21 Å². The van der Waals surface area contributed by atoms with Gasteiger partial charge in [0.1, 0.15) is 6.04 Å². The number of hydrogen-bond acceptors (Lipinski definition) is 6. The molecule has 0 saturated carbocycles. The van der Waals surface area contributed by atoms with E-state index in [1.54, 1.807) is 13.8 Å². The number of sulfonamides is 2. The third-order valence-corrected chi connectivity index (χ3v) is 8.49. The van der Waals surface area contributed by atoms with Gasteiger partial charge in [-0.05, 0) is 61.9 Å². The molecule has 2 unspecified atom stereocenters.